The van der Waals surface area contributed by atoms with E-state index in [0.29, 0.717) is 11.1 Å². The number of alkyl halides is 4. The second-order valence-corrected chi connectivity index (χ2v) is 4.49. The first-order valence-corrected chi connectivity index (χ1v) is 6.01. The monoisotopic (exact) mass is 302 g/mol. The molecule has 21 heavy (non-hydrogen) atoms. The molecule has 0 radical (unpaired) electrons. The van der Waals surface area contributed by atoms with E-state index in [1.165, 1.54) is 6.07 Å². The first kappa shape index (κ1) is 15.3. The molecule has 1 unspecified atom stereocenters. The van der Waals surface area contributed by atoms with E-state index >= 15 is 0 Å². The first-order valence-electron chi connectivity index (χ1n) is 6.01. The number of benzene rings is 2. The Labute approximate surface area is 118 Å². The minimum Gasteiger partial charge on any atom is -0.449 e. The van der Waals surface area contributed by atoms with Gasteiger partial charge in [-0.15, -0.1) is 0 Å². The molecule has 6 heteroatoms. The van der Waals surface area contributed by atoms with Gasteiger partial charge < -0.3 is 4.74 Å². The number of ether oxygens (including phenoxy) is 1. The van der Waals surface area contributed by atoms with Crippen molar-refractivity contribution in [2.45, 2.75) is 19.5 Å². The van der Waals surface area contributed by atoms with Crippen molar-refractivity contribution in [1.29, 1.82) is 0 Å². The van der Waals surface area contributed by atoms with Crippen LogP contribution in [0.5, 0.6) is 5.75 Å². The zero-order valence-corrected chi connectivity index (χ0v) is 10.9. The smallest absolute Gasteiger partial charge is 0.449 e. The largest absolute Gasteiger partial charge is 0.457 e. The molecule has 0 bridgehead atoms. The van der Waals surface area contributed by atoms with Crippen LogP contribution in [-0.4, -0.2) is 12.5 Å². The zero-order valence-electron chi connectivity index (χ0n) is 10.9. The van der Waals surface area contributed by atoms with Gasteiger partial charge in [-0.1, -0.05) is 35.9 Å². The summed E-state index contributed by atoms with van der Waals surface area (Å²) in [6.45, 7) is 1.89. The minimum absolute atomic E-state index is 0.460. The molecule has 1 nitrogen and oxygen atoms in total. The van der Waals surface area contributed by atoms with Crippen LogP contribution in [0.25, 0.3) is 11.1 Å². The topological polar surface area (TPSA) is 9.23 Å². The molecule has 0 spiro atoms. The quantitative estimate of drug-likeness (QED) is 0.722. The molecular weight excluding hydrogens is 291 g/mol. The van der Waals surface area contributed by atoms with Crippen LogP contribution >= 0.6 is 0 Å². The lowest BCUT2D eigenvalue weighted by Crippen LogP contribution is -2.30. The average molecular weight is 302 g/mol. The maximum absolute atomic E-state index is 13.7. The molecule has 112 valence electrons. The van der Waals surface area contributed by atoms with Gasteiger partial charge in [0.25, 0.3) is 0 Å². The summed E-state index contributed by atoms with van der Waals surface area (Å²) in [5, 5.41) is 0. The fourth-order valence-corrected chi connectivity index (χ4v) is 1.70. The Hall–Kier alpha value is -2.11. The molecule has 2 rings (SSSR count). The highest BCUT2D eigenvalue weighted by atomic mass is 19.4. The maximum Gasteiger partial charge on any atom is 0.457 e. The molecule has 0 N–H and O–H groups in total. The Balaban J connectivity index is 2.23. The normalized spacial score (nSPS) is 13.0. The van der Waals surface area contributed by atoms with Crippen molar-refractivity contribution in [2.75, 3.05) is 0 Å². The van der Waals surface area contributed by atoms with Gasteiger partial charge >= 0.3 is 12.5 Å². The molecule has 0 amide bonds. The summed E-state index contributed by atoms with van der Waals surface area (Å²) < 4.78 is 66.5. The van der Waals surface area contributed by atoms with E-state index in [1.807, 2.05) is 19.1 Å². The Morgan fingerprint density at radius 3 is 2.05 bits per heavy atom. The van der Waals surface area contributed by atoms with E-state index in [0.717, 1.165) is 17.7 Å². The van der Waals surface area contributed by atoms with Crippen LogP contribution in [0.4, 0.5) is 22.0 Å². The summed E-state index contributed by atoms with van der Waals surface area (Å²) in [6, 6.07) is 10.5. The molecule has 0 saturated carbocycles. The van der Waals surface area contributed by atoms with Gasteiger partial charge in [0, 0.05) is 0 Å². The van der Waals surface area contributed by atoms with Crippen molar-refractivity contribution < 1.29 is 26.7 Å². The Bertz CT molecular complexity index is 619. The lowest BCUT2D eigenvalue weighted by Gasteiger charge is -2.15. The van der Waals surface area contributed by atoms with Crippen molar-refractivity contribution >= 4 is 0 Å². The SMILES string of the molecule is Cc1ccc(-c2ccc(OC(F)C(F)(F)F)c(F)c2)cc1. The third-order valence-corrected chi connectivity index (χ3v) is 2.80. The first-order chi connectivity index (χ1) is 9.77. The summed E-state index contributed by atoms with van der Waals surface area (Å²) in [5.41, 5.74) is 2.17. The molecule has 0 saturated heterocycles. The standard InChI is InChI=1S/C15H11F5O/c1-9-2-4-10(5-3-9)11-6-7-13(12(16)8-11)21-14(17)15(18,19)20/h2-8,14H,1H3. The summed E-state index contributed by atoms with van der Waals surface area (Å²) in [5.74, 6) is -1.84. The van der Waals surface area contributed by atoms with Gasteiger partial charge in [-0.05, 0) is 30.2 Å². The van der Waals surface area contributed by atoms with E-state index in [1.54, 1.807) is 12.1 Å². The van der Waals surface area contributed by atoms with Gasteiger partial charge in [-0.3, -0.25) is 0 Å². The molecule has 0 fully saturated rings. The Morgan fingerprint density at radius 2 is 1.52 bits per heavy atom. The third kappa shape index (κ3) is 3.71. The highest BCUT2D eigenvalue weighted by Crippen LogP contribution is 2.30. The fraction of sp³-hybridized carbons (Fsp3) is 0.200. The van der Waals surface area contributed by atoms with Gasteiger partial charge in [0.05, 0.1) is 0 Å². The van der Waals surface area contributed by atoms with Gasteiger partial charge in [-0.2, -0.15) is 17.6 Å². The van der Waals surface area contributed by atoms with E-state index < -0.39 is 24.1 Å². The van der Waals surface area contributed by atoms with Crippen molar-refractivity contribution in [3.8, 4) is 16.9 Å². The lowest BCUT2D eigenvalue weighted by molar-refractivity contribution is -0.237. The number of aryl methyl sites for hydroxylation is 1. The van der Waals surface area contributed by atoms with E-state index in [2.05, 4.69) is 4.74 Å². The van der Waals surface area contributed by atoms with Gasteiger partial charge in [0.1, 0.15) is 0 Å². The van der Waals surface area contributed by atoms with Gasteiger partial charge in [0.2, 0.25) is 0 Å². The van der Waals surface area contributed by atoms with Crippen molar-refractivity contribution in [3.05, 3.63) is 53.8 Å². The molecule has 0 aliphatic heterocycles. The van der Waals surface area contributed by atoms with Crippen LogP contribution in [0.1, 0.15) is 5.56 Å². The van der Waals surface area contributed by atoms with Crippen LogP contribution in [0.15, 0.2) is 42.5 Å². The second-order valence-electron chi connectivity index (χ2n) is 4.49. The van der Waals surface area contributed by atoms with Gasteiger partial charge in [0.15, 0.2) is 11.6 Å². The number of rotatable bonds is 3. The maximum atomic E-state index is 13.7. The summed E-state index contributed by atoms with van der Waals surface area (Å²) in [6.07, 6.45) is -8.75. The van der Waals surface area contributed by atoms with E-state index in [9.17, 15) is 22.0 Å². The highest BCUT2D eigenvalue weighted by molar-refractivity contribution is 5.64. The molecule has 2 aromatic rings. The number of hydrogen-bond donors (Lipinski definition) is 0. The van der Waals surface area contributed by atoms with Crippen LogP contribution in [0, 0.1) is 12.7 Å². The second kappa shape index (κ2) is 5.71. The predicted octanol–water partition coefficient (Wildman–Crippen LogP) is 5.04. The third-order valence-electron chi connectivity index (χ3n) is 2.80. The molecule has 1 atom stereocenters. The number of hydrogen-bond acceptors (Lipinski definition) is 1. The Kier molecular flexibility index (Phi) is 4.16. The van der Waals surface area contributed by atoms with Gasteiger partial charge in [-0.25, -0.2) is 4.39 Å². The fourth-order valence-electron chi connectivity index (χ4n) is 1.70. The summed E-state index contributed by atoms with van der Waals surface area (Å²) in [4.78, 5) is 0. The molecular formula is C15H11F5O. The van der Waals surface area contributed by atoms with Crippen LogP contribution in [0.3, 0.4) is 0 Å². The molecule has 0 aromatic heterocycles. The summed E-state index contributed by atoms with van der Waals surface area (Å²) in [7, 11) is 0. The van der Waals surface area contributed by atoms with E-state index in [-0.39, 0.29) is 0 Å². The average Bonchev–Trinajstić information content (AvgIpc) is 2.41. The molecule has 0 aliphatic rings. The van der Waals surface area contributed by atoms with E-state index in [4.69, 9.17) is 0 Å². The predicted molar refractivity (Wildman–Crippen MR) is 68.2 cm³/mol. The van der Waals surface area contributed by atoms with Crippen LogP contribution < -0.4 is 4.74 Å². The van der Waals surface area contributed by atoms with Crippen molar-refractivity contribution in [1.82, 2.24) is 0 Å². The minimum atomic E-state index is -5.19. The summed E-state index contributed by atoms with van der Waals surface area (Å²) >= 11 is 0. The Morgan fingerprint density at radius 1 is 0.952 bits per heavy atom. The zero-order chi connectivity index (χ0) is 15.6. The highest BCUT2D eigenvalue weighted by Gasteiger charge is 2.42. The molecule has 2 aromatic carbocycles. The van der Waals surface area contributed by atoms with Crippen LogP contribution in [-0.2, 0) is 0 Å². The molecule has 0 heterocycles. The van der Waals surface area contributed by atoms with Crippen LogP contribution in [0.2, 0.25) is 0 Å². The van der Waals surface area contributed by atoms with Crippen molar-refractivity contribution in [2.24, 2.45) is 0 Å². The van der Waals surface area contributed by atoms with Crippen molar-refractivity contribution in [3.63, 3.8) is 0 Å². The lowest BCUT2D eigenvalue weighted by atomic mass is 10.0. The number of halogens is 5. The molecule has 0 aliphatic carbocycles.